The van der Waals surface area contributed by atoms with Crippen molar-refractivity contribution < 1.29 is 34.5 Å². The summed E-state index contributed by atoms with van der Waals surface area (Å²) < 4.78 is 0. The second-order valence-electron chi connectivity index (χ2n) is 3.89. The molecule has 1 amide bonds. The zero-order valence-corrected chi connectivity index (χ0v) is 10.0. The summed E-state index contributed by atoms with van der Waals surface area (Å²) in [6.45, 7) is 0. The highest BCUT2D eigenvalue weighted by Crippen LogP contribution is 2.02. The van der Waals surface area contributed by atoms with Gasteiger partial charge in [0.2, 0.25) is 5.91 Å². The fraction of sp³-hybridized carbons (Fsp3) is 0.600. The minimum Gasteiger partial charge on any atom is -0.481 e. The van der Waals surface area contributed by atoms with E-state index < -0.39 is 42.3 Å². The molecule has 9 heteroatoms. The van der Waals surface area contributed by atoms with Gasteiger partial charge < -0.3 is 26.4 Å². The number of aliphatic carboxylic acids is 3. The topological polar surface area (TPSA) is 167 Å². The Bertz CT molecular complexity index is 369. The molecule has 6 N–H and O–H groups in total. The Morgan fingerprint density at radius 2 is 1.63 bits per heavy atom. The number of nitrogens with one attached hydrogen (secondary N) is 1. The fourth-order valence-corrected chi connectivity index (χ4v) is 1.27. The lowest BCUT2D eigenvalue weighted by Crippen LogP contribution is -2.49. The smallest absolute Gasteiger partial charge is 0.326 e. The Morgan fingerprint density at radius 1 is 1.05 bits per heavy atom. The molecule has 0 aliphatic heterocycles. The molecule has 0 spiro atoms. The number of hydrogen-bond donors (Lipinski definition) is 5. The highest BCUT2D eigenvalue weighted by Gasteiger charge is 2.24. The maximum Gasteiger partial charge on any atom is 0.326 e. The van der Waals surface area contributed by atoms with Gasteiger partial charge in [-0.05, 0) is 12.8 Å². The third-order valence-corrected chi connectivity index (χ3v) is 2.23. The molecule has 0 radical (unpaired) electrons. The second-order valence-corrected chi connectivity index (χ2v) is 3.89. The summed E-state index contributed by atoms with van der Waals surface area (Å²) in [5.41, 5.74) is 5.26. The van der Waals surface area contributed by atoms with E-state index in [1.807, 2.05) is 0 Å². The van der Waals surface area contributed by atoms with Crippen LogP contribution in [0, 0.1) is 0 Å². The number of amides is 1. The molecule has 1 unspecified atom stereocenters. The molecular weight excluding hydrogens is 260 g/mol. The summed E-state index contributed by atoms with van der Waals surface area (Å²) in [7, 11) is 0. The Balaban J connectivity index is 4.33. The maximum atomic E-state index is 11.4. The molecule has 0 aliphatic carbocycles. The minimum atomic E-state index is -1.35. The maximum absolute atomic E-state index is 11.4. The van der Waals surface area contributed by atoms with Crippen molar-refractivity contribution >= 4 is 23.8 Å². The molecule has 0 heterocycles. The molecule has 0 saturated heterocycles. The van der Waals surface area contributed by atoms with Crippen LogP contribution in [-0.2, 0) is 19.2 Å². The van der Waals surface area contributed by atoms with E-state index in [-0.39, 0.29) is 19.3 Å². The molecule has 0 aromatic carbocycles. The summed E-state index contributed by atoms with van der Waals surface area (Å²) in [6.07, 6.45) is -0.845. The van der Waals surface area contributed by atoms with Crippen molar-refractivity contribution in [2.45, 2.75) is 37.8 Å². The van der Waals surface area contributed by atoms with Gasteiger partial charge in [0.1, 0.15) is 6.04 Å². The standard InChI is InChI=1S/C10H16N2O7/c11-5(4-8(15)16)9(17)12-6(10(18)19)2-1-3-7(13)14/h5-6H,1-4,11H2,(H,12,17)(H,13,14)(H,15,16)(H,18,19)/t5?,6-/m1/s1. The van der Waals surface area contributed by atoms with Crippen LogP contribution < -0.4 is 11.1 Å². The summed E-state index contributed by atoms with van der Waals surface area (Å²) >= 11 is 0. The van der Waals surface area contributed by atoms with Crippen molar-refractivity contribution in [2.75, 3.05) is 0 Å². The first-order valence-corrected chi connectivity index (χ1v) is 5.46. The van der Waals surface area contributed by atoms with Gasteiger partial charge in [-0.3, -0.25) is 14.4 Å². The van der Waals surface area contributed by atoms with E-state index in [1.165, 1.54) is 0 Å². The number of nitrogens with two attached hydrogens (primary N) is 1. The molecule has 9 nitrogen and oxygen atoms in total. The molecule has 0 fully saturated rings. The lowest BCUT2D eigenvalue weighted by molar-refractivity contribution is -0.143. The van der Waals surface area contributed by atoms with Gasteiger partial charge in [-0.2, -0.15) is 0 Å². The van der Waals surface area contributed by atoms with Crippen LogP contribution >= 0.6 is 0 Å². The van der Waals surface area contributed by atoms with Crippen LogP contribution in [0.2, 0.25) is 0 Å². The van der Waals surface area contributed by atoms with E-state index in [0.29, 0.717) is 0 Å². The van der Waals surface area contributed by atoms with Crippen LogP contribution in [0.3, 0.4) is 0 Å². The lowest BCUT2D eigenvalue weighted by atomic mass is 10.1. The molecule has 19 heavy (non-hydrogen) atoms. The van der Waals surface area contributed by atoms with Gasteiger partial charge in [-0.25, -0.2) is 4.79 Å². The first-order chi connectivity index (χ1) is 8.73. The molecule has 0 bridgehead atoms. The molecule has 0 aromatic heterocycles. The molecule has 108 valence electrons. The number of carboxylic acids is 3. The Hall–Kier alpha value is -2.16. The van der Waals surface area contributed by atoms with E-state index in [1.54, 1.807) is 0 Å². The average Bonchev–Trinajstić information content (AvgIpc) is 2.25. The quantitative estimate of drug-likeness (QED) is 0.343. The molecular formula is C10H16N2O7. The normalized spacial score (nSPS) is 13.3. The lowest BCUT2D eigenvalue weighted by Gasteiger charge is -2.16. The van der Waals surface area contributed by atoms with Crippen molar-refractivity contribution in [3.05, 3.63) is 0 Å². The fourth-order valence-electron chi connectivity index (χ4n) is 1.27. The van der Waals surface area contributed by atoms with E-state index >= 15 is 0 Å². The van der Waals surface area contributed by atoms with Crippen LogP contribution in [0.15, 0.2) is 0 Å². The molecule has 0 saturated carbocycles. The third kappa shape index (κ3) is 7.71. The minimum absolute atomic E-state index is 0.0702. The van der Waals surface area contributed by atoms with Gasteiger partial charge >= 0.3 is 17.9 Å². The van der Waals surface area contributed by atoms with E-state index in [4.69, 9.17) is 21.1 Å². The van der Waals surface area contributed by atoms with Crippen molar-refractivity contribution in [2.24, 2.45) is 5.73 Å². The van der Waals surface area contributed by atoms with Crippen LogP contribution in [0.1, 0.15) is 25.7 Å². The number of carbonyl (C=O) groups is 4. The van der Waals surface area contributed by atoms with Gasteiger partial charge in [0, 0.05) is 6.42 Å². The number of rotatable bonds is 9. The van der Waals surface area contributed by atoms with Gasteiger partial charge in [0.15, 0.2) is 0 Å². The largest absolute Gasteiger partial charge is 0.481 e. The van der Waals surface area contributed by atoms with E-state index in [9.17, 15) is 19.2 Å². The van der Waals surface area contributed by atoms with Gasteiger partial charge in [-0.15, -0.1) is 0 Å². The molecule has 0 aromatic rings. The first kappa shape index (κ1) is 16.8. The molecule has 0 aliphatic rings. The Labute approximate surface area is 108 Å². The molecule has 0 rings (SSSR count). The Morgan fingerprint density at radius 3 is 2.05 bits per heavy atom. The van der Waals surface area contributed by atoms with Crippen LogP contribution in [0.25, 0.3) is 0 Å². The summed E-state index contributed by atoms with van der Waals surface area (Å²) in [5, 5.41) is 27.8. The van der Waals surface area contributed by atoms with Crippen LogP contribution in [-0.4, -0.2) is 51.2 Å². The monoisotopic (exact) mass is 276 g/mol. The van der Waals surface area contributed by atoms with Crippen LogP contribution in [0.4, 0.5) is 0 Å². The second kappa shape index (κ2) is 8.03. The SMILES string of the molecule is NC(CC(=O)O)C(=O)N[C@H](CCCC(=O)O)C(=O)O. The van der Waals surface area contributed by atoms with E-state index in [2.05, 4.69) is 5.32 Å². The van der Waals surface area contributed by atoms with Gasteiger partial charge in [0.05, 0.1) is 12.5 Å². The average molecular weight is 276 g/mol. The predicted octanol–water partition coefficient (Wildman–Crippen LogP) is -1.39. The number of carboxylic acid groups (broad SMARTS) is 3. The Kier molecular flexibility index (Phi) is 7.12. The number of carbonyl (C=O) groups excluding carboxylic acids is 1. The highest BCUT2D eigenvalue weighted by atomic mass is 16.4. The number of hydrogen-bond acceptors (Lipinski definition) is 5. The predicted molar refractivity (Wildman–Crippen MR) is 61.3 cm³/mol. The zero-order valence-electron chi connectivity index (χ0n) is 10.0. The van der Waals surface area contributed by atoms with Crippen molar-refractivity contribution in [1.29, 1.82) is 0 Å². The third-order valence-electron chi connectivity index (χ3n) is 2.23. The van der Waals surface area contributed by atoms with Gasteiger partial charge in [-0.1, -0.05) is 0 Å². The van der Waals surface area contributed by atoms with Crippen molar-refractivity contribution in [1.82, 2.24) is 5.32 Å². The highest BCUT2D eigenvalue weighted by molar-refractivity contribution is 5.89. The van der Waals surface area contributed by atoms with Gasteiger partial charge in [0.25, 0.3) is 0 Å². The van der Waals surface area contributed by atoms with Crippen molar-refractivity contribution in [3.63, 3.8) is 0 Å². The first-order valence-electron chi connectivity index (χ1n) is 5.46. The molecule has 2 atom stereocenters. The van der Waals surface area contributed by atoms with Crippen molar-refractivity contribution in [3.8, 4) is 0 Å². The van der Waals surface area contributed by atoms with E-state index in [0.717, 1.165) is 0 Å². The summed E-state index contributed by atoms with van der Waals surface area (Å²) in [4.78, 5) is 42.9. The summed E-state index contributed by atoms with van der Waals surface area (Å²) in [6, 6.07) is -2.63. The zero-order chi connectivity index (χ0) is 15.0. The summed E-state index contributed by atoms with van der Waals surface area (Å²) in [5.74, 6) is -4.58. The van der Waals surface area contributed by atoms with Crippen LogP contribution in [0.5, 0.6) is 0 Å².